The lowest BCUT2D eigenvalue weighted by Crippen LogP contribution is -2.28. The Labute approximate surface area is 185 Å². The molecule has 1 unspecified atom stereocenters. The van der Waals surface area contributed by atoms with Gasteiger partial charge in [0.2, 0.25) is 5.78 Å². The molecular weight excluding hydrogens is 466 g/mol. The first kappa shape index (κ1) is 20.7. The number of fused-ring (bicyclic) bond motifs is 1. The number of furan rings is 1. The lowest BCUT2D eigenvalue weighted by molar-refractivity contribution is 0.0318. The third-order valence-electron chi connectivity index (χ3n) is 4.88. The van der Waals surface area contributed by atoms with Crippen molar-refractivity contribution in [2.45, 2.75) is 19.6 Å². The molecule has 2 amide bonds. The molecule has 8 heteroatoms. The Morgan fingerprint density at radius 1 is 1.00 bits per heavy atom. The van der Waals surface area contributed by atoms with Crippen LogP contribution >= 0.6 is 15.9 Å². The van der Waals surface area contributed by atoms with Crippen LogP contribution in [0, 0.1) is 0 Å². The maximum Gasteiger partial charge on any atom is 0.338 e. The highest BCUT2D eigenvalue weighted by Gasteiger charge is 2.36. The second-order valence-electron chi connectivity index (χ2n) is 6.95. The van der Waals surface area contributed by atoms with Gasteiger partial charge in [-0.05, 0) is 49.4 Å². The molecule has 7 nitrogen and oxygen atoms in total. The first-order chi connectivity index (χ1) is 14.8. The van der Waals surface area contributed by atoms with Crippen LogP contribution in [0.15, 0.2) is 69.8 Å². The molecular formula is C23H16BrNO6. The zero-order chi connectivity index (χ0) is 22.1. The van der Waals surface area contributed by atoms with Crippen LogP contribution in [0.4, 0.5) is 0 Å². The number of hydrogen-bond donors (Lipinski definition) is 0. The fourth-order valence-electron chi connectivity index (χ4n) is 3.25. The average molecular weight is 482 g/mol. The van der Waals surface area contributed by atoms with Gasteiger partial charge in [0.05, 0.1) is 29.5 Å². The van der Waals surface area contributed by atoms with Gasteiger partial charge < -0.3 is 9.15 Å². The van der Waals surface area contributed by atoms with Crippen LogP contribution in [0.1, 0.15) is 54.1 Å². The van der Waals surface area contributed by atoms with Crippen LogP contribution < -0.4 is 0 Å². The van der Waals surface area contributed by atoms with Crippen molar-refractivity contribution in [1.82, 2.24) is 4.90 Å². The van der Waals surface area contributed by atoms with E-state index in [0.29, 0.717) is 11.3 Å². The number of nitrogens with zero attached hydrogens (tertiary/aromatic N) is 1. The molecule has 0 fully saturated rings. The molecule has 1 atom stereocenters. The van der Waals surface area contributed by atoms with Gasteiger partial charge in [0.15, 0.2) is 6.10 Å². The van der Waals surface area contributed by atoms with Crippen LogP contribution in [0.2, 0.25) is 0 Å². The first-order valence-corrected chi connectivity index (χ1v) is 10.2. The van der Waals surface area contributed by atoms with Crippen LogP contribution in [0.25, 0.3) is 0 Å². The zero-order valence-electron chi connectivity index (χ0n) is 16.3. The smallest absolute Gasteiger partial charge is 0.338 e. The third-order valence-corrected chi connectivity index (χ3v) is 5.41. The molecule has 2 aromatic carbocycles. The van der Waals surface area contributed by atoms with E-state index in [1.165, 1.54) is 31.4 Å². The quantitative estimate of drug-likeness (QED) is 0.296. The Morgan fingerprint density at radius 3 is 2.35 bits per heavy atom. The minimum Gasteiger partial charge on any atom is -0.467 e. The highest BCUT2D eigenvalue weighted by Crippen LogP contribution is 2.26. The third kappa shape index (κ3) is 4.06. The molecule has 1 aromatic heterocycles. The molecule has 3 aromatic rings. The van der Waals surface area contributed by atoms with Gasteiger partial charge in [-0.3, -0.25) is 19.3 Å². The number of imide groups is 1. The summed E-state index contributed by atoms with van der Waals surface area (Å²) in [6.45, 7) is 1.48. The fourth-order valence-corrected chi connectivity index (χ4v) is 3.51. The highest BCUT2D eigenvalue weighted by atomic mass is 79.9. The second-order valence-corrected chi connectivity index (χ2v) is 7.87. The number of rotatable bonds is 6. The van der Waals surface area contributed by atoms with Crippen molar-refractivity contribution in [3.8, 4) is 0 Å². The number of ketones is 1. The van der Waals surface area contributed by atoms with Gasteiger partial charge in [0, 0.05) is 10.0 Å². The largest absolute Gasteiger partial charge is 0.467 e. The second kappa shape index (κ2) is 8.31. The molecule has 0 bridgehead atoms. The SMILES string of the molecule is CC(OC(=O)c1ccc2c(c1)C(=O)N(Cc1ccco1)C2=O)C(=O)c1ccc(Br)cc1. The molecule has 0 aliphatic carbocycles. The van der Waals surface area contributed by atoms with Crippen molar-refractivity contribution < 1.29 is 28.3 Å². The number of carbonyl (C=O) groups excluding carboxylic acids is 4. The summed E-state index contributed by atoms with van der Waals surface area (Å²) in [5.41, 5.74) is 0.798. The molecule has 2 heterocycles. The monoisotopic (exact) mass is 481 g/mol. The van der Waals surface area contributed by atoms with E-state index in [0.717, 1.165) is 9.37 Å². The summed E-state index contributed by atoms with van der Waals surface area (Å²) < 4.78 is 11.3. The predicted molar refractivity (Wildman–Crippen MR) is 113 cm³/mol. The molecule has 0 spiro atoms. The van der Waals surface area contributed by atoms with Crippen molar-refractivity contribution in [1.29, 1.82) is 0 Å². The Bertz CT molecular complexity index is 1180. The predicted octanol–water partition coefficient (Wildman–Crippen LogP) is 4.27. The lowest BCUT2D eigenvalue weighted by Gasteiger charge is -2.13. The lowest BCUT2D eigenvalue weighted by atomic mass is 10.1. The maximum atomic E-state index is 12.7. The fraction of sp³-hybridized carbons (Fsp3) is 0.130. The summed E-state index contributed by atoms with van der Waals surface area (Å²) in [5.74, 6) is -1.63. The summed E-state index contributed by atoms with van der Waals surface area (Å²) >= 11 is 3.30. The minimum atomic E-state index is -1.02. The van der Waals surface area contributed by atoms with E-state index in [-0.39, 0.29) is 29.0 Å². The molecule has 4 rings (SSSR count). The average Bonchev–Trinajstić information content (AvgIpc) is 3.36. The van der Waals surface area contributed by atoms with Crippen molar-refractivity contribution in [2.75, 3.05) is 0 Å². The highest BCUT2D eigenvalue weighted by molar-refractivity contribution is 9.10. The number of ether oxygens (including phenoxy) is 1. The molecule has 0 saturated heterocycles. The number of halogens is 1. The molecule has 0 radical (unpaired) electrons. The van der Waals surface area contributed by atoms with Crippen LogP contribution in [0.3, 0.4) is 0 Å². The molecule has 0 N–H and O–H groups in total. The Morgan fingerprint density at radius 2 is 1.68 bits per heavy atom. The minimum absolute atomic E-state index is 0.00213. The van der Waals surface area contributed by atoms with Crippen molar-refractivity contribution in [3.63, 3.8) is 0 Å². The van der Waals surface area contributed by atoms with E-state index in [9.17, 15) is 19.2 Å². The maximum absolute atomic E-state index is 12.7. The first-order valence-electron chi connectivity index (χ1n) is 9.38. The van der Waals surface area contributed by atoms with Crippen molar-refractivity contribution >= 4 is 39.5 Å². The van der Waals surface area contributed by atoms with E-state index < -0.39 is 23.9 Å². The van der Waals surface area contributed by atoms with Crippen molar-refractivity contribution in [2.24, 2.45) is 0 Å². The van der Waals surface area contributed by atoms with E-state index in [1.54, 1.807) is 36.4 Å². The van der Waals surface area contributed by atoms with Gasteiger partial charge in [0.25, 0.3) is 11.8 Å². The molecule has 31 heavy (non-hydrogen) atoms. The van der Waals surface area contributed by atoms with Gasteiger partial charge in [-0.15, -0.1) is 0 Å². The van der Waals surface area contributed by atoms with Gasteiger partial charge in [0.1, 0.15) is 5.76 Å². The Hall–Kier alpha value is -3.52. The molecule has 156 valence electrons. The summed E-state index contributed by atoms with van der Waals surface area (Å²) in [7, 11) is 0. The molecule has 0 saturated carbocycles. The van der Waals surface area contributed by atoms with Crippen LogP contribution in [0.5, 0.6) is 0 Å². The number of carbonyl (C=O) groups is 4. The summed E-state index contributed by atoms with van der Waals surface area (Å²) in [5, 5.41) is 0. The number of esters is 1. The standard InChI is InChI=1S/C23H16BrNO6/c1-13(20(26)14-4-7-16(24)8-5-14)31-23(29)15-6-9-18-19(11-15)22(28)25(21(18)27)12-17-3-2-10-30-17/h2-11,13H,12H2,1H3. The van der Waals surface area contributed by atoms with Crippen LogP contribution in [-0.2, 0) is 11.3 Å². The Balaban J connectivity index is 1.49. The number of hydrogen-bond acceptors (Lipinski definition) is 6. The van der Waals surface area contributed by atoms with Gasteiger partial charge >= 0.3 is 5.97 Å². The van der Waals surface area contributed by atoms with E-state index in [4.69, 9.17) is 9.15 Å². The van der Waals surface area contributed by atoms with Gasteiger partial charge in [-0.2, -0.15) is 0 Å². The normalized spacial score (nSPS) is 13.8. The van der Waals surface area contributed by atoms with E-state index >= 15 is 0 Å². The van der Waals surface area contributed by atoms with E-state index in [2.05, 4.69) is 15.9 Å². The molecule has 1 aliphatic rings. The summed E-state index contributed by atoms with van der Waals surface area (Å²) in [6, 6.07) is 14.2. The molecule has 1 aliphatic heterocycles. The number of Topliss-reactive ketones (excluding diaryl/α,β-unsaturated/α-hetero) is 1. The van der Waals surface area contributed by atoms with E-state index in [1.807, 2.05) is 0 Å². The van der Waals surface area contributed by atoms with Crippen molar-refractivity contribution in [3.05, 3.63) is 93.3 Å². The van der Waals surface area contributed by atoms with Crippen LogP contribution in [-0.4, -0.2) is 34.6 Å². The summed E-state index contributed by atoms with van der Waals surface area (Å²) in [6.07, 6.45) is 0.438. The van der Waals surface area contributed by atoms with Gasteiger partial charge in [-0.25, -0.2) is 4.79 Å². The Kier molecular flexibility index (Phi) is 5.56. The summed E-state index contributed by atoms with van der Waals surface area (Å²) in [4.78, 5) is 51.4. The zero-order valence-corrected chi connectivity index (χ0v) is 17.9. The number of amides is 2. The van der Waals surface area contributed by atoms with Gasteiger partial charge in [-0.1, -0.05) is 28.1 Å². The topological polar surface area (TPSA) is 93.9 Å². The number of benzene rings is 2.